The van der Waals surface area contributed by atoms with Crippen molar-refractivity contribution in [3.8, 4) is 0 Å². The number of nitrogens with two attached hydrogens (primary N) is 1. The van der Waals surface area contributed by atoms with Crippen molar-refractivity contribution >= 4 is 15.9 Å². The summed E-state index contributed by atoms with van der Waals surface area (Å²) >= 11 is 3.01. The molecule has 0 spiro atoms. The molecule has 1 atom stereocenters. The minimum Gasteiger partial charge on any atom is -0.319 e. The van der Waals surface area contributed by atoms with E-state index >= 15 is 0 Å². The Balaban J connectivity index is 2.52. The molecule has 3 nitrogen and oxygen atoms in total. The zero-order valence-corrected chi connectivity index (χ0v) is 11.1. The van der Waals surface area contributed by atoms with E-state index in [-0.39, 0.29) is 10.0 Å². The largest absolute Gasteiger partial charge is 0.319 e. The second kappa shape index (κ2) is 5.07. The third kappa shape index (κ3) is 2.39. The summed E-state index contributed by atoms with van der Waals surface area (Å²) in [6, 6.07) is 3.03. The van der Waals surface area contributed by atoms with E-state index in [9.17, 15) is 8.78 Å². The van der Waals surface area contributed by atoms with Gasteiger partial charge in [0.05, 0.1) is 16.2 Å². The highest BCUT2D eigenvalue weighted by atomic mass is 79.9. The van der Waals surface area contributed by atoms with Gasteiger partial charge in [0.2, 0.25) is 0 Å². The Morgan fingerprint density at radius 3 is 2.67 bits per heavy atom. The van der Waals surface area contributed by atoms with Gasteiger partial charge in [-0.15, -0.1) is 0 Å². The van der Waals surface area contributed by atoms with Crippen molar-refractivity contribution in [2.75, 3.05) is 0 Å². The molecule has 0 saturated heterocycles. The summed E-state index contributed by atoms with van der Waals surface area (Å²) in [5.41, 5.74) is 6.03. The molecule has 0 aliphatic rings. The number of benzene rings is 1. The molecule has 2 N–H and O–H groups in total. The van der Waals surface area contributed by atoms with Gasteiger partial charge in [-0.3, -0.25) is 0 Å². The van der Waals surface area contributed by atoms with Crippen molar-refractivity contribution in [1.82, 2.24) is 9.97 Å². The van der Waals surface area contributed by atoms with E-state index in [1.165, 1.54) is 18.3 Å². The fourth-order valence-corrected chi connectivity index (χ4v) is 1.97. The summed E-state index contributed by atoms with van der Waals surface area (Å²) in [7, 11) is 0. The highest BCUT2D eigenvalue weighted by Gasteiger charge is 2.21. The van der Waals surface area contributed by atoms with Gasteiger partial charge in [0.15, 0.2) is 0 Å². The minimum atomic E-state index is -0.968. The molecule has 0 aliphatic heterocycles. The Morgan fingerprint density at radius 1 is 1.28 bits per heavy atom. The van der Waals surface area contributed by atoms with Crippen LogP contribution < -0.4 is 5.73 Å². The maximum atomic E-state index is 13.9. The van der Waals surface area contributed by atoms with Crippen molar-refractivity contribution in [3.63, 3.8) is 0 Å². The fraction of sp³-hybridized carbons (Fsp3) is 0.167. The number of nitrogens with zero attached hydrogens (tertiary/aromatic N) is 2. The summed E-state index contributed by atoms with van der Waals surface area (Å²) in [6.45, 7) is 1.68. The first kappa shape index (κ1) is 13.0. The topological polar surface area (TPSA) is 51.8 Å². The second-order valence-electron chi connectivity index (χ2n) is 3.76. The van der Waals surface area contributed by atoms with E-state index < -0.39 is 17.7 Å². The molecular formula is C12H10BrF2N3. The van der Waals surface area contributed by atoms with Crippen LogP contribution in [0.25, 0.3) is 0 Å². The quantitative estimate of drug-likeness (QED) is 0.867. The van der Waals surface area contributed by atoms with Crippen molar-refractivity contribution < 1.29 is 8.78 Å². The van der Waals surface area contributed by atoms with Crippen LogP contribution in [0.1, 0.15) is 23.1 Å². The molecule has 94 valence electrons. The fourth-order valence-electron chi connectivity index (χ4n) is 1.62. The molecule has 0 fully saturated rings. The number of hydrogen-bond donors (Lipinski definition) is 1. The SMILES string of the molecule is Cc1nccc(C(N)c2c(F)ccc(Br)c2F)n1. The molecule has 2 rings (SSSR count). The summed E-state index contributed by atoms with van der Waals surface area (Å²) in [6.07, 6.45) is 1.51. The van der Waals surface area contributed by atoms with Crippen LogP contribution >= 0.6 is 15.9 Å². The number of aryl methyl sites for hydroxylation is 1. The first-order chi connectivity index (χ1) is 8.50. The summed E-state index contributed by atoms with van der Waals surface area (Å²) in [5.74, 6) is -0.906. The predicted molar refractivity (Wildman–Crippen MR) is 66.9 cm³/mol. The van der Waals surface area contributed by atoms with Gasteiger partial charge in [-0.2, -0.15) is 0 Å². The Hall–Kier alpha value is -1.40. The minimum absolute atomic E-state index is 0.167. The van der Waals surface area contributed by atoms with Gasteiger partial charge in [0, 0.05) is 11.8 Å². The summed E-state index contributed by atoms with van der Waals surface area (Å²) in [4.78, 5) is 7.99. The van der Waals surface area contributed by atoms with Crippen LogP contribution in [-0.4, -0.2) is 9.97 Å². The van der Waals surface area contributed by atoms with Gasteiger partial charge in [-0.1, -0.05) is 0 Å². The van der Waals surface area contributed by atoms with E-state index in [1.54, 1.807) is 6.92 Å². The lowest BCUT2D eigenvalue weighted by Crippen LogP contribution is -2.18. The molecule has 0 saturated carbocycles. The van der Waals surface area contributed by atoms with Gasteiger partial charge >= 0.3 is 0 Å². The van der Waals surface area contributed by atoms with E-state index in [2.05, 4.69) is 25.9 Å². The number of halogens is 3. The number of rotatable bonds is 2. The highest BCUT2D eigenvalue weighted by molar-refractivity contribution is 9.10. The molecule has 18 heavy (non-hydrogen) atoms. The molecule has 2 aromatic rings. The monoisotopic (exact) mass is 313 g/mol. The Bertz CT molecular complexity index is 590. The Labute approximate surface area is 111 Å². The van der Waals surface area contributed by atoms with Crippen molar-refractivity contribution in [2.45, 2.75) is 13.0 Å². The van der Waals surface area contributed by atoms with E-state index in [4.69, 9.17) is 5.73 Å². The van der Waals surface area contributed by atoms with E-state index in [0.717, 1.165) is 6.07 Å². The maximum Gasteiger partial charge on any atom is 0.145 e. The van der Waals surface area contributed by atoms with Crippen LogP contribution in [0.2, 0.25) is 0 Å². The highest BCUT2D eigenvalue weighted by Crippen LogP contribution is 2.28. The first-order valence-corrected chi connectivity index (χ1v) is 5.98. The molecule has 1 unspecified atom stereocenters. The van der Waals surface area contributed by atoms with Crippen molar-refractivity contribution in [3.05, 3.63) is 57.6 Å². The Kier molecular flexibility index (Phi) is 3.68. The van der Waals surface area contributed by atoms with Gasteiger partial charge in [-0.05, 0) is 41.1 Å². The van der Waals surface area contributed by atoms with Crippen LogP contribution in [0.4, 0.5) is 8.78 Å². The molecule has 1 aromatic heterocycles. The number of hydrogen-bond acceptors (Lipinski definition) is 3. The van der Waals surface area contributed by atoms with Crippen LogP contribution in [-0.2, 0) is 0 Å². The lowest BCUT2D eigenvalue weighted by Gasteiger charge is -2.14. The molecule has 0 aliphatic carbocycles. The Morgan fingerprint density at radius 2 is 2.00 bits per heavy atom. The van der Waals surface area contributed by atoms with Crippen LogP contribution in [0.3, 0.4) is 0 Å². The predicted octanol–water partition coefficient (Wildman–Crippen LogP) is 2.87. The molecular weight excluding hydrogens is 304 g/mol. The molecule has 1 aromatic carbocycles. The zero-order valence-electron chi connectivity index (χ0n) is 9.49. The smallest absolute Gasteiger partial charge is 0.145 e. The van der Waals surface area contributed by atoms with Gasteiger partial charge in [0.1, 0.15) is 17.5 Å². The zero-order chi connectivity index (χ0) is 13.3. The third-order valence-electron chi connectivity index (χ3n) is 2.51. The molecule has 1 heterocycles. The lowest BCUT2D eigenvalue weighted by atomic mass is 10.0. The molecule has 0 amide bonds. The normalized spacial score (nSPS) is 12.5. The third-order valence-corrected chi connectivity index (χ3v) is 3.12. The van der Waals surface area contributed by atoms with E-state index in [1.807, 2.05) is 0 Å². The van der Waals surface area contributed by atoms with Crippen LogP contribution in [0.5, 0.6) is 0 Å². The van der Waals surface area contributed by atoms with E-state index in [0.29, 0.717) is 11.5 Å². The summed E-state index contributed by atoms with van der Waals surface area (Å²) < 4.78 is 27.7. The van der Waals surface area contributed by atoms with Crippen molar-refractivity contribution in [2.24, 2.45) is 5.73 Å². The van der Waals surface area contributed by atoms with Gasteiger partial charge in [-0.25, -0.2) is 18.7 Å². The molecule has 6 heteroatoms. The van der Waals surface area contributed by atoms with Crippen LogP contribution in [0, 0.1) is 18.6 Å². The molecule has 0 bridgehead atoms. The van der Waals surface area contributed by atoms with Gasteiger partial charge in [0.25, 0.3) is 0 Å². The summed E-state index contributed by atoms with van der Waals surface area (Å²) in [5, 5.41) is 0. The standard InChI is InChI=1S/C12H10BrF2N3/c1-6-17-5-4-9(18-6)12(16)10-8(14)3-2-7(13)11(10)15/h2-5,12H,16H2,1H3. The maximum absolute atomic E-state index is 13.9. The average molecular weight is 314 g/mol. The molecule has 0 radical (unpaired) electrons. The number of aromatic nitrogens is 2. The van der Waals surface area contributed by atoms with Gasteiger partial charge < -0.3 is 5.73 Å². The average Bonchev–Trinajstić information content (AvgIpc) is 2.34. The van der Waals surface area contributed by atoms with Crippen LogP contribution in [0.15, 0.2) is 28.9 Å². The lowest BCUT2D eigenvalue weighted by molar-refractivity contribution is 0.536. The second-order valence-corrected chi connectivity index (χ2v) is 4.62. The first-order valence-electron chi connectivity index (χ1n) is 5.19. The van der Waals surface area contributed by atoms with Crippen molar-refractivity contribution in [1.29, 1.82) is 0 Å².